The SMILES string of the molecule is CCNc1ncc(C(=O)NC2CCCC2Cc2ccc(F)cc2)cn1. The van der Waals surface area contributed by atoms with E-state index in [1.165, 1.54) is 12.1 Å². The Morgan fingerprint density at radius 2 is 1.92 bits per heavy atom. The van der Waals surface area contributed by atoms with Crippen molar-refractivity contribution in [3.8, 4) is 0 Å². The summed E-state index contributed by atoms with van der Waals surface area (Å²) in [6.45, 7) is 2.70. The third-order valence-electron chi connectivity index (χ3n) is 4.64. The molecule has 0 spiro atoms. The minimum Gasteiger partial charge on any atom is -0.355 e. The number of carbonyl (C=O) groups excluding carboxylic acids is 1. The number of halogens is 1. The molecule has 2 atom stereocenters. The topological polar surface area (TPSA) is 66.9 Å². The largest absolute Gasteiger partial charge is 0.355 e. The summed E-state index contributed by atoms with van der Waals surface area (Å²) in [5, 5.41) is 6.12. The molecule has 0 saturated heterocycles. The van der Waals surface area contributed by atoms with Crippen LogP contribution in [0.4, 0.5) is 10.3 Å². The molecule has 1 aliphatic rings. The lowest BCUT2D eigenvalue weighted by molar-refractivity contribution is 0.0927. The van der Waals surface area contributed by atoms with E-state index in [0.717, 1.165) is 37.8 Å². The van der Waals surface area contributed by atoms with E-state index in [4.69, 9.17) is 0 Å². The van der Waals surface area contributed by atoms with Crippen LogP contribution in [0.15, 0.2) is 36.7 Å². The zero-order valence-electron chi connectivity index (χ0n) is 14.3. The second-order valence-electron chi connectivity index (χ2n) is 6.43. The van der Waals surface area contributed by atoms with Crippen LogP contribution in [0, 0.1) is 11.7 Å². The molecule has 2 unspecified atom stereocenters. The van der Waals surface area contributed by atoms with Gasteiger partial charge in [0.1, 0.15) is 5.82 Å². The standard InChI is InChI=1S/C19H23FN4O/c1-2-21-19-22-11-15(12-23-19)18(25)24-17-5-3-4-14(17)10-13-6-8-16(20)9-7-13/h6-9,11-12,14,17H,2-5,10H2,1H3,(H,24,25)(H,21,22,23). The third-order valence-corrected chi connectivity index (χ3v) is 4.64. The molecule has 1 saturated carbocycles. The molecule has 2 aromatic rings. The van der Waals surface area contributed by atoms with Crippen LogP contribution in [-0.4, -0.2) is 28.5 Å². The van der Waals surface area contributed by atoms with Crippen LogP contribution in [0.2, 0.25) is 0 Å². The van der Waals surface area contributed by atoms with Gasteiger partial charge in [-0.2, -0.15) is 0 Å². The summed E-state index contributed by atoms with van der Waals surface area (Å²) in [7, 11) is 0. The Kier molecular flexibility index (Phi) is 5.58. The lowest BCUT2D eigenvalue weighted by Gasteiger charge is -2.21. The number of benzene rings is 1. The Morgan fingerprint density at radius 3 is 2.60 bits per heavy atom. The van der Waals surface area contributed by atoms with Crippen molar-refractivity contribution in [2.75, 3.05) is 11.9 Å². The molecular weight excluding hydrogens is 319 g/mol. The van der Waals surface area contributed by atoms with Gasteiger partial charge in [0.25, 0.3) is 5.91 Å². The fourth-order valence-corrected chi connectivity index (χ4v) is 3.34. The number of rotatable bonds is 6. The summed E-state index contributed by atoms with van der Waals surface area (Å²) in [6, 6.07) is 6.74. The van der Waals surface area contributed by atoms with E-state index in [0.29, 0.717) is 17.4 Å². The van der Waals surface area contributed by atoms with Crippen molar-refractivity contribution in [3.63, 3.8) is 0 Å². The number of aromatic nitrogens is 2. The fourth-order valence-electron chi connectivity index (χ4n) is 3.34. The van der Waals surface area contributed by atoms with Crippen LogP contribution < -0.4 is 10.6 Å². The molecule has 132 valence electrons. The van der Waals surface area contributed by atoms with Gasteiger partial charge in [0.15, 0.2) is 0 Å². The van der Waals surface area contributed by atoms with Gasteiger partial charge in [0, 0.05) is 25.0 Å². The van der Waals surface area contributed by atoms with E-state index in [1.54, 1.807) is 12.4 Å². The Morgan fingerprint density at radius 1 is 1.20 bits per heavy atom. The van der Waals surface area contributed by atoms with Gasteiger partial charge in [0.05, 0.1) is 5.56 Å². The molecule has 2 N–H and O–H groups in total. The minimum absolute atomic E-state index is 0.131. The second kappa shape index (κ2) is 8.05. The van der Waals surface area contributed by atoms with Crippen LogP contribution in [0.5, 0.6) is 0 Å². The minimum atomic E-state index is -0.221. The average Bonchev–Trinajstić information content (AvgIpc) is 3.04. The highest BCUT2D eigenvalue weighted by atomic mass is 19.1. The zero-order chi connectivity index (χ0) is 17.6. The second-order valence-corrected chi connectivity index (χ2v) is 6.43. The van der Waals surface area contributed by atoms with Crippen molar-refractivity contribution in [2.24, 2.45) is 5.92 Å². The number of carbonyl (C=O) groups is 1. The van der Waals surface area contributed by atoms with Crippen molar-refractivity contribution < 1.29 is 9.18 Å². The monoisotopic (exact) mass is 342 g/mol. The normalized spacial score (nSPS) is 19.6. The summed E-state index contributed by atoms with van der Waals surface area (Å²) in [4.78, 5) is 20.7. The maximum atomic E-state index is 13.0. The zero-order valence-corrected chi connectivity index (χ0v) is 14.3. The smallest absolute Gasteiger partial charge is 0.254 e. The van der Waals surface area contributed by atoms with Crippen molar-refractivity contribution in [3.05, 3.63) is 53.6 Å². The average molecular weight is 342 g/mol. The molecule has 6 heteroatoms. The van der Waals surface area contributed by atoms with Crippen LogP contribution >= 0.6 is 0 Å². The number of hydrogen-bond donors (Lipinski definition) is 2. The van der Waals surface area contributed by atoms with Crippen LogP contribution in [0.1, 0.15) is 42.1 Å². The molecule has 0 bridgehead atoms. The summed E-state index contributed by atoms with van der Waals surface area (Å²) in [6.07, 6.45) is 7.06. The van der Waals surface area contributed by atoms with E-state index in [-0.39, 0.29) is 17.8 Å². The first-order valence-corrected chi connectivity index (χ1v) is 8.77. The van der Waals surface area contributed by atoms with Gasteiger partial charge < -0.3 is 10.6 Å². The molecule has 0 aliphatic heterocycles. The molecule has 1 aromatic carbocycles. The molecular formula is C19H23FN4O. The van der Waals surface area contributed by atoms with Crippen molar-refractivity contribution in [1.82, 2.24) is 15.3 Å². The van der Waals surface area contributed by atoms with E-state index in [1.807, 2.05) is 19.1 Å². The highest BCUT2D eigenvalue weighted by Gasteiger charge is 2.29. The van der Waals surface area contributed by atoms with E-state index < -0.39 is 0 Å². The molecule has 0 radical (unpaired) electrons. The van der Waals surface area contributed by atoms with Gasteiger partial charge in [-0.3, -0.25) is 4.79 Å². The van der Waals surface area contributed by atoms with Gasteiger partial charge in [-0.05, 0) is 49.8 Å². The van der Waals surface area contributed by atoms with Gasteiger partial charge in [-0.15, -0.1) is 0 Å². The first-order chi connectivity index (χ1) is 12.2. The van der Waals surface area contributed by atoms with Crippen LogP contribution in [-0.2, 0) is 6.42 Å². The molecule has 1 aromatic heterocycles. The Balaban J connectivity index is 1.60. The van der Waals surface area contributed by atoms with Gasteiger partial charge in [-0.1, -0.05) is 18.6 Å². The predicted octanol–water partition coefficient (Wildman–Crippen LogP) is 3.19. The molecule has 1 fully saturated rings. The lowest BCUT2D eigenvalue weighted by atomic mass is 9.94. The van der Waals surface area contributed by atoms with Gasteiger partial charge in [-0.25, -0.2) is 14.4 Å². The number of nitrogens with zero attached hydrogens (tertiary/aromatic N) is 2. The van der Waals surface area contributed by atoms with Gasteiger partial charge in [0.2, 0.25) is 5.95 Å². The summed E-state index contributed by atoms with van der Waals surface area (Å²) in [5.74, 6) is 0.533. The van der Waals surface area contributed by atoms with Crippen molar-refractivity contribution >= 4 is 11.9 Å². The fraction of sp³-hybridized carbons (Fsp3) is 0.421. The summed E-state index contributed by atoms with van der Waals surface area (Å²) < 4.78 is 13.0. The Hall–Kier alpha value is -2.50. The van der Waals surface area contributed by atoms with Gasteiger partial charge >= 0.3 is 0 Å². The lowest BCUT2D eigenvalue weighted by Crippen LogP contribution is -2.38. The molecule has 5 nitrogen and oxygen atoms in total. The maximum Gasteiger partial charge on any atom is 0.254 e. The van der Waals surface area contributed by atoms with Crippen molar-refractivity contribution in [2.45, 2.75) is 38.6 Å². The number of amides is 1. The Labute approximate surface area is 147 Å². The first kappa shape index (κ1) is 17.3. The number of anilines is 1. The molecule has 1 aliphatic carbocycles. The van der Waals surface area contributed by atoms with E-state index >= 15 is 0 Å². The number of nitrogens with one attached hydrogen (secondary N) is 2. The highest BCUT2D eigenvalue weighted by molar-refractivity contribution is 5.93. The quantitative estimate of drug-likeness (QED) is 0.846. The molecule has 3 rings (SSSR count). The third kappa shape index (κ3) is 4.53. The highest BCUT2D eigenvalue weighted by Crippen LogP contribution is 2.29. The predicted molar refractivity (Wildman–Crippen MR) is 94.9 cm³/mol. The van der Waals surface area contributed by atoms with Crippen LogP contribution in [0.25, 0.3) is 0 Å². The summed E-state index contributed by atoms with van der Waals surface area (Å²) in [5.41, 5.74) is 1.57. The Bertz CT molecular complexity index is 702. The summed E-state index contributed by atoms with van der Waals surface area (Å²) >= 11 is 0. The van der Waals surface area contributed by atoms with E-state index in [2.05, 4.69) is 20.6 Å². The molecule has 1 heterocycles. The molecule has 1 amide bonds. The number of hydrogen-bond acceptors (Lipinski definition) is 4. The molecule has 25 heavy (non-hydrogen) atoms. The maximum absolute atomic E-state index is 13.0. The van der Waals surface area contributed by atoms with Crippen molar-refractivity contribution in [1.29, 1.82) is 0 Å². The van der Waals surface area contributed by atoms with Crippen LogP contribution in [0.3, 0.4) is 0 Å². The van der Waals surface area contributed by atoms with E-state index in [9.17, 15) is 9.18 Å². The first-order valence-electron chi connectivity index (χ1n) is 8.77.